The Kier molecular flexibility index (Phi) is 5.24. The van der Waals surface area contributed by atoms with Crippen molar-refractivity contribution in [1.29, 1.82) is 0 Å². The number of β-amino-alcohol motifs (C(OH)–C–C–N with tert-alkyl or cyclic N) is 1. The Bertz CT molecular complexity index is 1200. The third-order valence-electron chi connectivity index (χ3n) is 6.31. The third-order valence-corrected chi connectivity index (χ3v) is 6.31. The summed E-state index contributed by atoms with van der Waals surface area (Å²) in [6.45, 7) is 1.72. The predicted molar refractivity (Wildman–Crippen MR) is 121 cm³/mol. The number of aromatic amines is 1. The molecule has 1 aliphatic rings. The first-order valence-electron chi connectivity index (χ1n) is 10.8. The number of aliphatic hydroxyl groups is 1. The van der Waals surface area contributed by atoms with Gasteiger partial charge in [0.1, 0.15) is 11.5 Å². The maximum Gasteiger partial charge on any atom is 0.270 e. The van der Waals surface area contributed by atoms with E-state index in [1.807, 2.05) is 54.6 Å². The second-order valence-electron chi connectivity index (χ2n) is 8.33. The van der Waals surface area contributed by atoms with Gasteiger partial charge in [0.2, 0.25) is 0 Å². The molecule has 5 rings (SSSR count). The van der Waals surface area contributed by atoms with Gasteiger partial charge in [-0.15, -0.1) is 0 Å². The van der Waals surface area contributed by atoms with Gasteiger partial charge in [0.15, 0.2) is 0 Å². The van der Waals surface area contributed by atoms with Gasteiger partial charge < -0.3 is 15.4 Å². The summed E-state index contributed by atoms with van der Waals surface area (Å²) in [6.07, 6.45) is 1.37. The smallest absolute Gasteiger partial charge is 0.270 e. The Morgan fingerprint density at radius 1 is 1.19 bits per heavy atom. The van der Waals surface area contributed by atoms with Crippen LogP contribution in [-0.2, 0) is 19.1 Å². The first-order chi connectivity index (χ1) is 15.5. The number of carbonyl (C=O) groups excluding carboxylic acids is 1. The van der Waals surface area contributed by atoms with E-state index in [4.69, 9.17) is 0 Å². The fourth-order valence-corrected chi connectivity index (χ4v) is 4.58. The number of hydrogen-bond donors (Lipinski definition) is 3. The van der Waals surface area contributed by atoms with E-state index in [9.17, 15) is 9.90 Å². The molecular weight excluding hydrogens is 404 g/mol. The topological polar surface area (TPSA) is 99.1 Å². The van der Waals surface area contributed by atoms with Crippen LogP contribution in [0.15, 0.2) is 66.9 Å². The van der Waals surface area contributed by atoms with Crippen LogP contribution in [0.5, 0.6) is 0 Å². The van der Waals surface area contributed by atoms with Crippen LogP contribution in [0, 0.1) is 0 Å². The monoisotopic (exact) mass is 430 g/mol. The number of fused-ring (bicyclic) bond motifs is 1. The molecule has 3 N–H and O–H groups in total. The number of nitrogens with one attached hydrogen (secondary N) is 2. The molecule has 3 heterocycles. The summed E-state index contributed by atoms with van der Waals surface area (Å²) >= 11 is 0. The van der Waals surface area contributed by atoms with Gasteiger partial charge in [-0.2, -0.15) is 5.10 Å². The molecule has 164 valence electrons. The number of aromatic nitrogens is 4. The fourth-order valence-electron chi connectivity index (χ4n) is 4.58. The minimum absolute atomic E-state index is 0.251. The number of rotatable bonds is 5. The molecule has 1 fully saturated rings. The van der Waals surface area contributed by atoms with Crippen molar-refractivity contribution in [3.05, 3.63) is 83.9 Å². The lowest BCUT2D eigenvalue weighted by Gasteiger charge is -2.46. The summed E-state index contributed by atoms with van der Waals surface area (Å²) in [5, 5.41) is 18.6. The van der Waals surface area contributed by atoms with Crippen LogP contribution < -0.4 is 5.32 Å². The average Bonchev–Trinajstić information content (AvgIpc) is 3.41. The second kappa shape index (κ2) is 8.22. The number of benzene rings is 2. The normalized spacial score (nSPS) is 21.6. The summed E-state index contributed by atoms with van der Waals surface area (Å²) in [5.41, 5.74) is 2.40. The highest BCUT2D eigenvalue weighted by molar-refractivity contribution is 5.93. The van der Waals surface area contributed by atoms with Crippen molar-refractivity contribution >= 4 is 16.9 Å². The molecule has 1 aliphatic heterocycles. The molecule has 0 spiro atoms. The Morgan fingerprint density at radius 2 is 1.97 bits per heavy atom. The van der Waals surface area contributed by atoms with E-state index in [0.717, 1.165) is 22.4 Å². The van der Waals surface area contributed by atoms with Gasteiger partial charge in [-0.25, -0.2) is 4.98 Å². The van der Waals surface area contributed by atoms with Crippen LogP contribution in [0.3, 0.4) is 0 Å². The summed E-state index contributed by atoms with van der Waals surface area (Å²) in [5.74, 6) is 0.614. The van der Waals surface area contributed by atoms with Crippen LogP contribution in [-0.4, -0.2) is 54.9 Å². The van der Waals surface area contributed by atoms with E-state index in [1.54, 1.807) is 19.3 Å². The van der Waals surface area contributed by atoms with E-state index in [-0.39, 0.29) is 5.91 Å². The molecular formula is C24H26N6O2. The van der Waals surface area contributed by atoms with E-state index in [0.29, 0.717) is 31.7 Å². The number of amides is 1. The third kappa shape index (κ3) is 3.68. The van der Waals surface area contributed by atoms with Crippen molar-refractivity contribution in [3.63, 3.8) is 0 Å². The summed E-state index contributed by atoms with van der Waals surface area (Å²) < 4.78 is 1.54. The quantitative estimate of drug-likeness (QED) is 0.451. The van der Waals surface area contributed by atoms with Crippen LogP contribution in [0.1, 0.15) is 28.3 Å². The maximum atomic E-state index is 13.1. The number of hydrogen-bond acceptors (Lipinski definition) is 5. The zero-order valence-electron chi connectivity index (χ0n) is 17.9. The molecule has 0 aliphatic carbocycles. The number of para-hydroxylation sites is 2. The minimum atomic E-state index is -0.882. The van der Waals surface area contributed by atoms with E-state index in [2.05, 4.69) is 25.3 Å². The number of imidazole rings is 1. The first kappa shape index (κ1) is 20.4. The summed E-state index contributed by atoms with van der Waals surface area (Å²) in [4.78, 5) is 23.3. The molecule has 0 saturated carbocycles. The number of nitrogens with zero attached hydrogens (tertiary/aromatic N) is 4. The van der Waals surface area contributed by atoms with Crippen molar-refractivity contribution in [3.8, 4) is 0 Å². The van der Waals surface area contributed by atoms with Crippen LogP contribution in [0.4, 0.5) is 0 Å². The van der Waals surface area contributed by atoms with Gasteiger partial charge in [-0.3, -0.25) is 14.4 Å². The Morgan fingerprint density at radius 3 is 2.69 bits per heavy atom. The van der Waals surface area contributed by atoms with Crippen molar-refractivity contribution in [2.75, 3.05) is 13.1 Å². The van der Waals surface area contributed by atoms with Gasteiger partial charge in [-0.05, 0) is 30.2 Å². The van der Waals surface area contributed by atoms with Gasteiger partial charge in [0.25, 0.3) is 5.91 Å². The SMILES string of the molecule is Cn1nccc1C(=O)N[C@@]1(c2ccccc2)CCN(Cc2nc3ccccc3[nH]2)C[C@H]1O. The van der Waals surface area contributed by atoms with Crippen LogP contribution in [0.2, 0.25) is 0 Å². The van der Waals surface area contributed by atoms with Gasteiger partial charge in [-0.1, -0.05) is 42.5 Å². The van der Waals surface area contributed by atoms with Gasteiger partial charge in [0, 0.05) is 26.3 Å². The average molecular weight is 431 g/mol. The minimum Gasteiger partial charge on any atom is -0.389 e. The van der Waals surface area contributed by atoms with Crippen molar-refractivity contribution in [1.82, 2.24) is 30.0 Å². The molecule has 1 amide bonds. The fraction of sp³-hybridized carbons (Fsp3) is 0.292. The Labute approximate surface area is 185 Å². The summed E-state index contributed by atoms with van der Waals surface area (Å²) in [7, 11) is 1.73. The zero-order valence-corrected chi connectivity index (χ0v) is 17.9. The van der Waals surface area contributed by atoms with Crippen molar-refractivity contribution < 1.29 is 9.90 Å². The molecule has 2 aromatic carbocycles. The lowest BCUT2D eigenvalue weighted by atomic mass is 9.78. The summed E-state index contributed by atoms with van der Waals surface area (Å²) in [6, 6.07) is 19.3. The van der Waals surface area contributed by atoms with E-state index >= 15 is 0 Å². The number of H-pyrrole nitrogens is 1. The Balaban J connectivity index is 1.39. The largest absolute Gasteiger partial charge is 0.389 e. The number of aliphatic hydroxyl groups excluding tert-OH is 1. The van der Waals surface area contributed by atoms with Crippen molar-refractivity contribution in [2.24, 2.45) is 7.05 Å². The molecule has 8 heteroatoms. The van der Waals surface area contributed by atoms with E-state index < -0.39 is 11.6 Å². The lowest BCUT2D eigenvalue weighted by molar-refractivity contribution is -0.0188. The maximum absolute atomic E-state index is 13.1. The number of aryl methyl sites for hydroxylation is 1. The number of piperidine rings is 1. The molecule has 2 aromatic heterocycles. The van der Waals surface area contributed by atoms with Gasteiger partial charge in [0.05, 0.1) is 29.2 Å². The van der Waals surface area contributed by atoms with Crippen LogP contribution in [0.25, 0.3) is 11.0 Å². The molecule has 32 heavy (non-hydrogen) atoms. The van der Waals surface area contributed by atoms with Crippen LogP contribution >= 0.6 is 0 Å². The highest BCUT2D eigenvalue weighted by Gasteiger charge is 2.45. The number of likely N-dealkylation sites (tertiary alicyclic amines) is 1. The first-order valence-corrected chi connectivity index (χ1v) is 10.8. The van der Waals surface area contributed by atoms with Crippen molar-refractivity contribution in [2.45, 2.75) is 24.6 Å². The molecule has 1 saturated heterocycles. The second-order valence-corrected chi connectivity index (χ2v) is 8.33. The Hall–Kier alpha value is -3.49. The zero-order chi connectivity index (χ0) is 22.1. The standard InChI is InChI=1S/C24H26N6O2/c1-29-20(11-13-25-29)23(32)28-24(17-7-3-2-4-8-17)12-14-30(15-21(24)31)16-22-26-18-9-5-6-10-19(18)27-22/h2-11,13,21,31H,12,14-16H2,1H3,(H,26,27)(H,28,32)/t21-,24-/m1/s1. The number of carbonyl (C=O) groups is 1. The molecule has 8 nitrogen and oxygen atoms in total. The molecule has 0 bridgehead atoms. The predicted octanol–water partition coefficient (Wildman–Crippen LogP) is 2.19. The van der Waals surface area contributed by atoms with Gasteiger partial charge >= 0.3 is 0 Å². The molecule has 4 aromatic rings. The van der Waals surface area contributed by atoms with E-state index in [1.165, 1.54) is 4.68 Å². The molecule has 0 unspecified atom stereocenters. The molecule has 0 radical (unpaired) electrons. The highest BCUT2D eigenvalue weighted by atomic mass is 16.3. The molecule has 2 atom stereocenters. The lowest BCUT2D eigenvalue weighted by Crippen LogP contribution is -2.61. The highest BCUT2D eigenvalue weighted by Crippen LogP contribution is 2.34.